The largest absolute Gasteiger partial charge is 0.493 e. The lowest BCUT2D eigenvalue weighted by atomic mass is 10.1. The van der Waals surface area contributed by atoms with E-state index in [0.29, 0.717) is 37.7 Å². The maximum atomic E-state index is 10.3. The number of piperidine rings is 1. The van der Waals surface area contributed by atoms with Gasteiger partial charge < -0.3 is 34.6 Å². The van der Waals surface area contributed by atoms with Crippen LogP contribution in [0.2, 0.25) is 0 Å². The van der Waals surface area contributed by atoms with Crippen molar-refractivity contribution in [3.8, 4) is 17.2 Å². The van der Waals surface area contributed by atoms with Gasteiger partial charge in [0, 0.05) is 38.9 Å². The fourth-order valence-electron chi connectivity index (χ4n) is 3.49. The quantitative estimate of drug-likeness (QED) is 0.435. The first kappa shape index (κ1) is 23.3. The van der Waals surface area contributed by atoms with Crippen LogP contribution in [0.5, 0.6) is 17.2 Å². The van der Waals surface area contributed by atoms with Gasteiger partial charge in [-0.1, -0.05) is 6.07 Å². The van der Waals surface area contributed by atoms with E-state index in [-0.39, 0.29) is 12.7 Å². The van der Waals surface area contributed by atoms with Gasteiger partial charge in [-0.15, -0.1) is 0 Å². The third-order valence-electron chi connectivity index (χ3n) is 5.20. The van der Waals surface area contributed by atoms with Crippen LogP contribution in [0, 0.1) is 0 Å². The van der Waals surface area contributed by atoms with E-state index in [2.05, 4.69) is 15.2 Å². The van der Waals surface area contributed by atoms with Crippen molar-refractivity contribution in [2.45, 2.75) is 31.6 Å². The highest BCUT2D eigenvalue weighted by atomic mass is 16.5. The summed E-state index contributed by atoms with van der Waals surface area (Å²) < 4.78 is 16.9. The molecule has 1 unspecified atom stereocenters. The van der Waals surface area contributed by atoms with Crippen LogP contribution in [0.4, 0.5) is 0 Å². The molecule has 1 saturated heterocycles. The van der Waals surface area contributed by atoms with Gasteiger partial charge in [0.05, 0.1) is 19.4 Å². The predicted molar refractivity (Wildman–Crippen MR) is 118 cm³/mol. The Hall–Kier alpha value is -2.39. The van der Waals surface area contributed by atoms with Crippen molar-refractivity contribution in [2.75, 3.05) is 46.5 Å². The van der Waals surface area contributed by atoms with E-state index < -0.39 is 6.10 Å². The van der Waals surface area contributed by atoms with Gasteiger partial charge in [-0.3, -0.25) is 4.98 Å². The molecule has 8 heteroatoms. The smallest absolute Gasteiger partial charge is 0.161 e. The lowest BCUT2D eigenvalue weighted by molar-refractivity contribution is 0.0333. The first-order valence-corrected chi connectivity index (χ1v) is 10.8. The summed E-state index contributed by atoms with van der Waals surface area (Å²) in [6.07, 6.45) is 4.11. The number of hydrogen-bond acceptors (Lipinski definition) is 8. The Labute approximate surface area is 183 Å². The lowest BCUT2D eigenvalue weighted by Crippen LogP contribution is -2.41. The highest BCUT2D eigenvalue weighted by molar-refractivity contribution is 5.43. The minimum absolute atomic E-state index is 0.193. The number of aliphatic hydroxyl groups is 2. The summed E-state index contributed by atoms with van der Waals surface area (Å²) in [5.74, 6) is 2.01. The fourth-order valence-corrected chi connectivity index (χ4v) is 3.49. The van der Waals surface area contributed by atoms with E-state index in [1.807, 2.05) is 30.3 Å². The summed E-state index contributed by atoms with van der Waals surface area (Å²) in [5.41, 5.74) is 1.07. The van der Waals surface area contributed by atoms with Crippen molar-refractivity contribution in [1.82, 2.24) is 15.2 Å². The number of nitrogens with zero attached hydrogens (tertiary/aromatic N) is 2. The molecule has 0 bridgehead atoms. The summed E-state index contributed by atoms with van der Waals surface area (Å²) in [5, 5.41) is 23.2. The van der Waals surface area contributed by atoms with Gasteiger partial charge in [-0.25, -0.2) is 0 Å². The third-order valence-corrected chi connectivity index (χ3v) is 5.20. The molecule has 2 heterocycles. The number of aromatic nitrogens is 1. The average Bonchev–Trinajstić information content (AvgIpc) is 2.80. The average molecular weight is 432 g/mol. The molecule has 1 atom stereocenters. The molecule has 1 aliphatic heterocycles. The number of rotatable bonds is 12. The first-order chi connectivity index (χ1) is 15.1. The Bertz CT molecular complexity index is 769. The van der Waals surface area contributed by atoms with E-state index in [0.717, 1.165) is 37.2 Å². The van der Waals surface area contributed by atoms with Crippen LogP contribution in [0.15, 0.2) is 42.7 Å². The Morgan fingerprint density at radius 3 is 2.77 bits per heavy atom. The predicted octanol–water partition coefficient (Wildman–Crippen LogP) is 1.46. The van der Waals surface area contributed by atoms with E-state index in [9.17, 15) is 10.2 Å². The van der Waals surface area contributed by atoms with E-state index >= 15 is 0 Å². The van der Waals surface area contributed by atoms with Crippen LogP contribution in [0.25, 0.3) is 0 Å². The van der Waals surface area contributed by atoms with Crippen molar-refractivity contribution in [1.29, 1.82) is 0 Å². The van der Waals surface area contributed by atoms with Crippen LogP contribution in [0.1, 0.15) is 18.4 Å². The standard InChI is InChI=1S/C23H33N3O5/c1-29-23-13-18(14-25-9-12-30-21-3-2-8-24-15-21)4-5-22(23)31-17-20(28)16-26-10-6-19(27)7-11-26/h2-5,8,13,15,19-20,25,27-28H,6-7,9-12,14,16-17H2,1H3. The van der Waals surface area contributed by atoms with Gasteiger partial charge in [0.2, 0.25) is 0 Å². The second kappa shape index (κ2) is 12.5. The maximum Gasteiger partial charge on any atom is 0.161 e. The molecule has 0 saturated carbocycles. The lowest BCUT2D eigenvalue weighted by Gasteiger charge is -2.30. The van der Waals surface area contributed by atoms with Crippen LogP contribution >= 0.6 is 0 Å². The second-order valence-corrected chi connectivity index (χ2v) is 7.70. The van der Waals surface area contributed by atoms with Crippen LogP contribution < -0.4 is 19.5 Å². The third kappa shape index (κ3) is 7.99. The van der Waals surface area contributed by atoms with Gasteiger partial charge >= 0.3 is 0 Å². The molecule has 0 amide bonds. The minimum Gasteiger partial charge on any atom is -0.493 e. The molecule has 1 aliphatic rings. The van der Waals surface area contributed by atoms with Crippen molar-refractivity contribution in [3.05, 3.63) is 48.3 Å². The van der Waals surface area contributed by atoms with Gasteiger partial charge in [0.15, 0.2) is 11.5 Å². The zero-order chi connectivity index (χ0) is 21.9. The molecule has 3 rings (SSSR count). The summed E-state index contributed by atoms with van der Waals surface area (Å²) in [6.45, 7) is 4.27. The van der Waals surface area contributed by atoms with Crippen molar-refractivity contribution >= 4 is 0 Å². The molecule has 31 heavy (non-hydrogen) atoms. The van der Waals surface area contributed by atoms with Crippen molar-refractivity contribution in [3.63, 3.8) is 0 Å². The molecule has 1 aromatic heterocycles. The monoisotopic (exact) mass is 431 g/mol. The molecular weight excluding hydrogens is 398 g/mol. The van der Waals surface area contributed by atoms with Crippen molar-refractivity contribution < 1.29 is 24.4 Å². The number of aliphatic hydroxyl groups excluding tert-OH is 2. The number of methoxy groups -OCH3 is 1. The molecular formula is C23H33N3O5. The van der Waals surface area contributed by atoms with Crippen LogP contribution in [-0.2, 0) is 6.54 Å². The summed E-state index contributed by atoms with van der Waals surface area (Å²) in [6, 6.07) is 9.50. The summed E-state index contributed by atoms with van der Waals surface area (Å²) in [4.78, 5) is 6.18. The second-order valence-electron chi connectivity index (χ2n) is 7.70. The number of benzene rings is 1. The molecule has 8 nitrogen and oxygen atoms in total. The Kier molecular flexibility index (Phi) is 9.36. The Morgan fingerprint density at radius 1 is 1.19 bits per heavy atom. The molecule has 1 fully saturated rings. The van der Waals surface area contributed by atoms with Crippen LogP contribution in [-0.4, -0.2) is 78.8 Å². The molecule has 0 radical (unpaired) electrons. The normalized spacial score (nSPS) is 16.1. The Balaban J connectivity index is 1.38. The Morgan fingerprint density at radius 2 is 2.03 bits per heavy atom. The molecule has 0 spiro atoms. The highest BCUT2D eigenvalue weighted by Gasteiger charge is 2.20. The van der Waals surface area contributed by atoms with Gasteiger partial charge in [0.25, 0.3) is 0 Å². The summed E-state index contributed by atoms with van der Waals surface area (Å²) in [7, 11) is 1.61. The fraction of sp³-hybridized carbons (Fsp3) is 0.522. The molecule has 3 N–H and O–H groups in total. The number of hydrogen-bond donors (Lipinski definition) is 3. The van der Waals surface area contributed by atoms with E-state index in [4.69, 9.17) is 14.2 Å². The van der Waals surface area contributed by atoms with Gasteiger partial charge in [-0.05, 0) is 42.7 Å². The molecule has 170 valence electrons. The topological polar surface area (TPSA) is 96.3 Å². The number of ether oxygens (including phenoxy) is 3. The van der Waals surface area contributed by atoms with E-state index in [1.165, 1.54) is 0 Å². The number of nitrogens with one attached hydrogen (secondary N) is 1. The molecule has 1 aromatic carbocycles. The van der Waals surface area contributed by atoms with Gasteiger partial charge in [-0.2, -0.15) is 0 Å². The van der Waals surface area contributed by atoms with Crippen LogP contribution in [0.3, 0.4) is 0 Å². The maximum absolute atomic E-state index is 10.3. The minimum atomic E-state index is -0.596. The zero-order valence-electron chi connectivity index (χ0n) is 18.1. The van der Waals surface area contributed by atoms with Crippen molar-refractivity contribution in [2.24, 2.45) is 0 Å². The SMILES string of the molecule is COc1cc(CNCCOc2cccnc2)ccc1OCC(O)CN1CCC(O)CC1. The van der Waals surface area contributed by atoms with E-state index in [1.54, 1.807) is 19.5 Å². The highest BCUT2D eigenvalue weighted by Crippen LogP contribution is 2.28. The zero-order valence-corrected chi connectivity index (χ0v) is 18.1. The first-order valence-electron chi connectivity index (χ1n) is 10.8. The number of β-amino-alcohol motifs (C(OH)–C–C–N with tert-alkyl or cyclic N) is 1. The molecule has 2 aromatic rings. The molecule has 0 aliphatic carbocycles. The summed E-state index contributed by atoms with van der Waals surface area (Å²) >= 11 is 0. The number of likely N-dealkylation sites (tertiary alicyclic amines) is 1. The number of pyridine rings is 1. The van der Waals surface area contributed by atoms with Gasteiger partial charge in [0.1, 0.15) is 25.1 Å².